The lowest BCUT2D eigenvalue weighted by molar-refractivity contribution is 0.00660. The lowest BCUT2D eigenvalue weighted by atomic mass is 10.1. The molecule has 0 radical (unpaired) electrons. The summed E-state index contributed by atoms with van der Waals surface area (Å²) in [6.45, 7) is 6.76. The number of carbonyl (C=O) groups is 1. The highest BCUT2D eigenvalue weighted by Crippen LogP contribution is 2.18. The summed E-state index contributed by atoms with van der Waals surface area (Å²) >= 11 is 3.28. The zero-order chi connectivity index (χ0) is 15.5. The van der Waals surface area contributed by atoms with Gasteiger partial charge in [0.1, 0.15) is 11.7 Å². The molecule has 0 unspecified atom stereocenters. The van der Waals surface area contributed by atoms with Crippen LogP contribution in [0.3, 0.4) is 0 Å². The molecule has 21 heavy (non-hydrogen) atoms. The van der Waals surface area contributed by atoms with Crippen molar-refractivity contribution < 1.29 is 14.3 Å². The fraction of sp³-hybridized carbons (Fsp3) is 0.643. The largest absolute Gasteiger partial charge is 0.458 e. The smallest absolute Gasteiger partial charge is 0.410 e. The second-order valence-electron chi connectivity index (χ2n) is 5.99. The number of aromatic nitrogens is 2. The Labute approximate surface area is 133 Å². The van der Waals surface area contributed by atoms with E-state index in [2.05, 4.69) is 25.9 Å². The fourth-order valence-corrected chi connectivity index (χ4v) is 2.24. The summed E-state index contributed by atoms with van der Waals surface area (Å²) in [6, 6.07) is 0.328. The topological polar surface area (TPSA) is 64.5 Å². The van der Waals surface area contributed by atoms with E-state index in [1.807, 2.05) is 20.8 Å². The molecule has 6 nitrogen and oxygen atoms in total. The number of amides is 1. The van der Waals surface area contributed by atoms with E-state index in [-0.39, 0.29) is 12.2 Å². The number of hydrogen-bond donors (Lipinski definition) is 0. The first-order chi connectivity index (χ1) is 9.83. The van der Waals surface area contributed by atoms with Gasteiger partial charge in [-0.3, -0.25) is 0 Å². The molecule has 0 aromatic carbocycles. The summed E-state index contributed by atoms with van der Waals surface area (Å²) in [5.41, 5.74) is -0.486. The molecule has 0 spiro atoms. The minimum atomic E-state index is -0.486. The van der Waals surface area contributed by atoms with Crippen LogP contribution in [0.1, 0.15) is 33.6 Å². The number of rotatable bonds is 2. The van der Waals surface area contributed by atoms with E-state index in [4.69, 9.17) is 9.47 Å². The van der Waals surface area contributed by atoms with Gasteiger partial charge in [0.25, 0.3) is 0 Å². The first kappa shape index (κ1) is 16.0. The highest BCUT2D eigenvalue weighted by atomic mass is 79.9. The predicted molar refractivity (Wildman–Crippen MR) is 81.2 cm³/mol. The Hall–Kier alpha value is -1.37. The van der Waals surface area contributed by atoms with Gasteiger partial charge in [0.05, 0.1) is 11.0 Å². The van der Waals surface area contributed by atoms with Crippen molar-refractivity contribution in [3.05, 3.63) is 16.9 Å². The van der Waals surface area contributed by atoms with E-state index in [0.717, 1.165) is 17.3 Å². The lowest BCUT2D eigenvalue weighted by Crippen LogP contribution is -2.46. The van der Waals surface area contributed by atoms with Gasteiger partial charge in [-0.15, -0.1) is 0 Å². The van der Waals surface area contributed by atoms with Crippen molar-refractivity contribution in [3.63, 3.8) is 0 Å². The first-order valence-electron chi connectivity index (χ1n) is 6.95. The molecule has 1 aliphatic rings. The maximum Gasteiger partial charge on any atom is 0.410 e. The highest BCUT2D eigenvalue weighted by Gasteiger charge is 2.28. The third-order valence-electron chi connectivity index (χ3n) is 2.90. The standard InChI is InChI=1S/C14H20BrN3O3/c1-14(2,3)21-13(19)18-6-4-5-11(9-18)20-12-16-7-10(15)8-17-12/h7-8,11H,4-6,9H2,1-3H3/t11-/m1/s1. The van der Waals surface area contributed by atoms with E-state index < -0.39 is 5.60 Å². The fourth-order valence-electron chi connectivity index (χ4n) is 2.04. The molecule has 1 aromatic heterocycles. The van der Waals surface area contributed by atoms with Crippen LogP contribution in [0.2, 0.25) is 0 Å². The lowest BCUT2D eigenvalue weighted by Gasteiger charge is -2.33. The predicted octanol–water partition coefficient (Wildman–Crippen LogP) is 3.02. The quantitative estimate of drug-likeness (QED) is 0.813. The van der Waals surface area contributed by atoms with Crippen LogP contribution in [0.15, 0.2) is 16.9 Å². The average Bonchev–Trinajstić information content (AvgIpc) is 2.40. The number of hydrogen-bond acceptors (Lipinski definition) is 5. The van der Waals surface area contributed by atoms with E-state index in [0.29, 0.717) is 19.1 Å². The van der Waals surface area contributed by atoms with Gasteiger partial charge in [0, 0.05) is 18.9 Å². The molecule has 1 atom stereocenters. The average molecular weight is 358 g/mol. The molecule has 1 aliphatic heterocycles. The van der Waals surface area contributed by atoms with Gasteiger partial charge in [0.15, 0.2) is 0 Å². The normalized spacial score (nSPS) is 19.2. The minimum Gasteiger partial charge on any atom is -0.458 e. The Morgan fingerprint density at radius 2 is 2.05 bits per heavy atom. The van der Waals surface area contributed by atoms with Gasteiger partial charge < -0.3 is 14.4 Å². The zero-order valence-electron chi connectivity index (χ0n) is 12.5. The van der Waals surface area contributed by atoms with Crippen LogP contribution in [-0.4, -0.2) is 45.8 Å². The van der Waals surface area contributed by atoms with Crippen LogP contribution in [0.5, 0.6) is 6.01 Å². The van der Waals surface area contributed by atoms with Crippen LogP contribution in [0.25, 0.3) is 0 Å². The monoisotopic (exact) mass is 357 g/mol. The summed E-state index contributed by atoms with van der Waals surface area (Å²) in [4.78, 5) is 21.9. The van der Waals surface area contributed by atoms with Gasteiger partial charge in [-0.1, -0.05) is 0 Å². The summed E-state index contributed by atoms with van der Waals surface area (Å²) in [6.07, 6.45) is 4.62. The van der Waals surface area contributed by atoms with Crippen molar-refractivity contribution in [2.45, 2.75) is 45.3 Å². The van der Waals surface area contributed by atoms with Crippen LogP contribution in [0, 0.1) is 0 Å². The Bertz CT molecular complexity index is 487. The van der Waals surface area contributed by atoms with Crippen molar-refractivity contribution in [1.82, 2.24) is 14.9 Å². The molecule has 2 heterocycles. The number of halogens is 1. The second kappa shape index (κ2) is 6.60. The van der Waals surface area contributed by atoms with E-state index >= 15 is 0 Å². The van der Waals surface area contributed by atoms with Gasteiger partial charge in [-0.2, -0.15) is 0 Å². The number of ether oxygens (including phenoxy) is 2. The van der Waals surface area contributed by atoms with Crippen LogP contribution in [-0.2, 0) is 4.74 Å². The van der Waals surface area contributed by atoms with Crippen molar-refractivity contribution in [1.29, 1.82) is 0 Å². The summed E-state index contributed by atoms with van der Waals surface area (Å²) in [7, 11) is 0. The number of carbonyl (C=O) groups excluding carboxylic acids is 1. The highest BCUT2D eigenvalue weighted by molar-refractivity contribution is 9.10. The molecule has 0 N–H and O–H groups in total. The molecule has 2 rings (SSSR count). The molecular formula is C14H20BrN3O3. The van der Waals surface area contributed by atoms with E-state index in [1.54, 1.807) is 17.3 Å². The van der Waals surface area contributed by atoms with E-state index in [1.165, 1.54) is 0 Å². The second-order valence-corrected chi connectivity index (χ2v) is 6.91. The van der Waals surface area contributed by atoms with Gasteiger partial charge in [-0.25, -0.2) is 14.8 Å². The molecule has 1 amide bonds. The van der Waals surface area contributed by atoms with Crippen LogP contribution in [0.4, 0.5) is 4.79 Å². The number of piperidine rings is 1. The molecule has 0 bridgehead atoms. The summed E-state index contributed by atoms with van der Waals surface area (Å²) < 4.78 is 11.9. The van der Waals surface area contributed by atoms with Crippen LogP contribution < -0.4 is 4.74 Å². The van der Waals surface area contributed by atoms with Crippen LogP contribution >= 0.6 is 15.9 Å². The molecule has 1 saturated heterocycles. The maximum absolute atomic E-state index is 12.1. The molecule has 1 aromatic rings. The Kier molecular flexibility index (Phi) is 5.03. The molecule has 0 aliphatic carbocycles. The van der Waals surface area contributed by atoms with Crippen molar-refractivity contribution in [3.8, 4) is 6.01 Å². The van der Waals surface area contributed by atoms with E-state index in [9.17, 15) is 4.79 Å². The van der Waals surface area contributed by atoms with Crippen molar-refractivity contribution in [2.24, 2.45) is 0 Å². The molecule has 7 heteroatoms. The molecule has 0 saturated carbocycles. The maximum atomic E-state index is 12.1. The molecule has 116 valence electrons. The summed E-state index contributed by atoms with van der Waals surface area (Å²) in [5.74, 6) is 0. The Morgan fingerprint density at radius 1 is 1.38 bits per heavy atom. The van der Waals surface area contributed by atoms with Gasteiger partial charge in [0.2, 0.25) is 0 Å². The number of nitrogens with zero attached hydrogens (tertiary/aromatic N) is 3. The van der Waals surface area contributed by atoms with Gasteiger partial charge in [-0.05, 0) is 49.5 Å². The van der Waals surface area contributed by atoms with Crippen molar-refractivity contribution in [2.75, 3.05) is 13.1 Å². The zero-order valence-corrected chi connectivity index (χ0v) is 14.1. The SMILES string of the molecule is CC(C)(C)OC(=O)N1CCC[C@@H](Oc2ncc(Br)cn2)C1. The van der Waals surface area contributed by atoms with Gasteiger partial charge >= 0.3 is 12.1 Å². The Balaban J connectivity index is 1.91. The first-order valence-corrected chi connectivity index (χ1v) is 7.75. The summed E-state index contributed by atoms with van der Waals surface area (Å²) in [5, 5.41) is 0. The molecular weight excluding hydrogens is 338 g/mol. The third-order valence-corrected chi connectivity index (χ3v) is 3.31. The minimum absolute atomic E-state index is 0.104. The van der Waals surface area contributed by atoms with Crippen molar-refractivity contribution >= 4 is 22.0 Å². The third kappa shape index (κ3) is 5.15. The molecule has 1 fully saturated rings. The Morgan fingerprint density at radius 3 is 2.67 bits per heavy atom. The number of likely N-dealkylation sites (tertiary alicyclic amines) is 1.